The van der Waals surface area contributed by atoms with E-state index < -0.39 is 0 Å². The normalized spacial score (nSPS) is 13.8. The number of rotatable bonds is 5. The molecule has 6 nitrogen and oxygen atoms in total. The van der Waals surface area contributed by atoms with Crippen LogP contribution >= 0.6 is 23.1 Å². The number of nitrogens with zero attached hydrogens (tertiary/aromatic N) is 3. The van der Waals surface area contributed by atoms with Crippen molar-refractivity contribution in [3.63, 3.8) is 0 Å². The second-order valence-corrected chi connectivity index (χ2v) is 9.55. The van der Waals surface area contributed by atoms with Crippen LogP contribution in [0.5, 0.6) is 0 Å². The molecule has 150 valence electrons. The van der Waals surface area contributed by atoms with Crippen molar-refractivity contribution in [1.82, 2.24) is 14.5 Å². The van der Waals surface area contributed by atoms with Crippen molar-refractivity contribution in [3.8, 4) is 0 Å². The van der Waals surface area contributed by atoms with E-state index in [4.69, 9.17) is 4.98 Å². The Morgan fingerprint density at radius 1 is 1.07 bits per heavy atom. The van der Waals surface area contributed by atoms with Gasteiger partial charge in [-0.2, -0.15) is 0 Å². The molecule has 0 saturated carbocycles. The summed E-state index contributed by atoms with van der Waals surface area (Å²) in [6.45, 7) is 8.13. The fourth-order valence-corrected chi connectivity index (χ4v) is 5.64. The number of carbonyl (C=O) groups is 2. The topological polar surface area (TPSA) is 72.3 Å². The largest absolute Gasteiger partial charge is 0.284 e. The number of aromatic nitrogens is 2. The lowest BCUT2D eigenvalue weighted by Crippen LogP contribution is -2.32. The minimum Gasteiger partial charge on any atom is -0.284 e. The standard InChI is InChI=1S/C21H21N3O3S2/c1-11(2)24-20(27)16-12(3)13(4)29-17(16)22-21(24)28-10-9-23-18(25)14-7-5-6-8-15(14)19(23)26/h5-8,11H,9-10H2,1-4H3. The van der Waals surface area contributed by atoms with Crippen LogP contribution in [0.25, 0.3) is 10.2 Å². The molecule has 0 bridgehead atoms. The zero-order valence-corrected chi connectivity index (χ0v) is 18.3. The Balaban J connectivity index is 1.59. The number of fused-ring (bicyclic) bond motifs is 2. The van der Waals surface area contributed by atoms with Crippen molar-refractivity contribution in [2.24, 2.45) is 0 Å². The summed E-state index contributed by atoms with van der Waals surface area (Å²) in [4.78, 5) is 46.0. The van der Waals surface area contributed by atoms with Gasteiger partial charge in [-0.1, -0.05) is 23.9 Å². The zero-order valence-electron chi connectivity index (χ0n) is 16.7. The number of carbonyl (C=O) groups excluding carboxylic acids is 2. The van der Waals surface area contributed by atoms with Gasteiger partial charge in [-0.3, -0.25) is 23.9 Å². The third-order valence-electron chi connectivity index (χ3n) is 5.14. The smallest absolute Gasteiger partial charge is 0.263 e. The molecular weight excluding hydrogens is 406 g/mol. The maximum atomic E-state index is 13.1. The predicted octanol–water partition coefficient (Wildman–Crippen LogP) is 4.04. The fourth-order valence-electron chi connectivity index (χ4n) is 3.52. The zero-order chi connectivity index (χ0) is 20.9. The first-order valence-electron chi connectivity index (χ1n) is 9.41. The van der Waals surface area contributed by atoms with Gasteiger partial charge in [0.05, 0.1) is 16.5 Å². The molecule has 2 aromatic heterocycles. The van der Waals surface area contributed by atoms with Gasteiger partial charge in [-0.15, -0.1) is 11.3 Å². The maximum absolute atomic E-state index is 13.1. The molecule has 1 aliphatic rings. The van der Waals surface area contributed by atoms with Crippen LogP contribution in [0.4, 0.5) is 0 Å². The van der Waals surface area contributed by atoms with E-state index in [-0.39, 0.29) is 30.0 Å². The number of hydrogen-bond acceptors (Lipinski definition) is 6. The molecule has 0 unspecified atom stereocenters. The van der Waals surface area contributed by atoms with Gasteiger partial charge in [0.15, 0.2) is 5.16 Å². The Kier molecular flexibility index (Phi) is 5.08. The summed E-state index contributed by atoms with van der Waals surface area (Å²) >= 11 is 2.92. The lowest BCUT2D eigenvalue weighted by molar-refractivity contribution is 0.0664. The molecule has 3 aromatic rings. The third-order valence-corrected chi connectivity index (χ3v) is 7.18. The van der Waals surface area contributed by atoms with Gasteiger partial charge in [0.25, 0.3) is 17.4 Å². The van der Waals surface area contributed by atoms with E-state index in [2.05, 4.69) is 0 Å². The SMILES string of the molecule is Cc1sc2nc(SCCN3C(=O)c4ccccc4C3=O)n(C(C)C)c(=O)c2c1C. The molecule has 0 saturated heterocycles. The average Bonchev–Trinajstić information content (AvgIpc) is 3.10. The van der Waals surface area contributed by atoms with Crippen LogP contribution in [0.2, 0.25) is 0 Å². The Morgan fingerprint density at radius 3 is 2.28 bits per heavy atom. The molecule has 0 aliphatic carbocycles. The lowest BCUT2D eigenvalue weighted by atomic mass is 10.1. The third kappa shape index (κ3) is 3.20. The number of thioether (sulfide) groups is 1. The summed E-state index contributed by atoms with van der Waals surface area (Å²) in [5, 5.41) is 1.31. The van der Waals surface area contributed by atoms with E-state index >= 15 is 0 Å². The van der Waals surface area contributed by atoms with Crippen LogP contribution in [0.15, 0.2) is 34.2 Å². The van der Waals surface area contributed by atoms with Crippen LogP contribution in [0, 0.1) is 13.8 Å². The van der Waals surface area contributed by atoms with Crippen LogP contribution in [0.3, 0.4) is 0 Å². The van der Waals surface area contributed by atoms with E-state index in [1.165, 1.54) is 28.0 Å². The van der Waals surface area contributed by atoms with Gasteiger partial charge in [0, 0.05) is 23.2 Å². The summed E-state index contributed by atoms with van der Waals surface area (Å²) in [7, 11) is 0. The minimum absolute atomic E-state index is 0.0323. The summed E-state index contributed by atoms with van der Waals surface area (Å²) in [5.74, 6) is -0.0554. The van der Waals surface area contributed by atoms with Crippen molar-refractivity contribution in [1.29, 1.82) is 0 Å². The molecule has 3 heterocycles. The Hall–Kier alpha value is -2.45. The molecule has 1 aliphatic heterocycles. The summed E-state index contributed by atoms with van der Waals surface area (Å²) in [5.41, 5.74) is 1.85. The van der Waals surface area contributed by atoms with Gasteiger partial charge < -0.3 is 0 Å². The van der Waals surface area contributed by atoms with Crippen molar-refractivity contribution >= 4 is 45.1 Å². The Labute approximate surface area is 176 Å². The molecule has 2 amide bonds. The van der Waals surface area contributed by atoms with E-state index in [0.29, 0.717) is 27.4 Å². The van der Waals surface area contributed by atoms with Gasteiger partial charge in [0.2, 0.25) is 0 Å². The van der Waals surface area contributed by atoms with Crippen molar-refractivity contribution in [2.45, 2.75) is 38.9 Å². The molecule has 0 atom stereocenters. The molecule has 8 heteroatoms. The van der Waals surface area contributed by atoms with Gasteiger partial charge in [0.1, 0.15) is 4.83 Å². The molecular formula is C21H21N3O3S2. The Bertz CT molecular complexity index is 1170. The molecule has 29 heavy (non-hydrogen) atoms. The van der Waals surface area contributed by atoms with Gasteiger partial charge >= 0.3 is 0 Å². The summed E-state index contributed by atoms with van der Waals surface area (Å²) in [6.07, 6.45) is 0. The van der Waals surface area contributed by atoms with Crippen LogP contribution < -0.4 is 5.56 Å². The molecule has 4 rings (SSSR count). The molecule has 0 radical (unpaired) electrons. The van der Waals surface area contributed by atoms with E-state index in [9.17, 15) is 14.4 Å². The van der Waals surface area contributed by atoms with Gasteiger partial charge in [-0.05, 0) is 45.4 Å². The van der Waals surface area contributed by atoms with Crippen LogP contribution in [0.1, 0.15) is 51.0 Å². The lowest BCUT2D eigenvalue weighted by Gasteiger charge is -2.17. The quantitative estimate of drug-likeness (QED) is 0.349. The molecule has 1 aromatic carbocycles. The van der Waals surface area contributed by atoms with Gasteiger partial charge in [-0.25, -0.2) is 4.98 Å². The molecule has 0 spiro atoms. The number of imide groups is 1. The summed E-state index contributed by atoms with van der Waals surface area (Å²) < 4.78 is 1.70. The van der Waals surface area contributed by atoms with Crippen molar-refractivity contribution < 1.29 is 9.59 Å². The van der Waals surface area contributed by atoms with Crippen molar-refractivity contribution in [3.05, 3.63) is 56.2 Å². The fraction of sp³-hybridized carbons (Fsp3) is 0.333. The van der Waals surface area contributed by atoms with E-state index in [1.807, 2.05) is 27.7 Å². The number of hydrogen-bond donors (Lipinski definition) is 0. The highest BCUT2D eigenvalue weighted by molar-refractivity contribution is 7.99. The number of benzene rings is 1. The first kappa shape index (κ1) is 19.8. The summed E-state index contributed by atoms with van der Waals surface area (Å²) in [6, 6.07) is 6.83. The van der Waals surface area contributed by atoms with E-state index in [1.54, 1.807) is 28.8 Å². The predicted molar refractivity (Wildman–Crippen MR) is 116 cm³/mol. The number of aryl methyl sites for hydroxylation is 2. The van der Waals surface area contributed by atoms with E-state index in [0.717, 1.165) is 15.3 Å². The molecule has 0 N–H and O–H groups in total. The highest BCUT2D eigenvalue weighted by Crippen LogP contribution is 2.30. The second-order valence-electron chi connectivity index (χ2n) is 7.28. The van der Waals surface area contributed by atoms with Crippen molar-refractivity contribution in [2.75, 3.05) is 12.3 Å². The number of thiophene rings is 1. The van der Waals surface area contributed by atoms with Crippen LogP contribution in [-0.2, 0) is 0 Å². The average molecular weight is 428 g/mol. The number of amides is 2. The first-order valence-corrected chi connectivity index (χ1v) is 11.2. The highest BCUT2D eigenvalue weighted by atomic mass is 32.2. The second kappa shape index (κ2) is 7.42. The minimum atomic E-state index is -0.264. The highest BCUT2D eigenvalue weighted by Gasteiger charge is 2.34. The molecule has 0 fully saturated rings. The monoisotopic (exact) mass is 427 g/mol. The maximum Gasteiger partial charge on any atom is 0.263 e. The first-order chi connectivity index (χ1) is 13.8. The van der Waals surface area contributed by atoms with Crippen LogP contribution in [-0.4, -0.2) is 38.6 Å². The Morgan fingerprint density at radius 2 is 1.69 bits per heavy atom.